The molecular formula is C29H30Cl2N2O5S. The molecule has 1 N–H and O–H groups in total. The fourth-order valence-corrected chi connectivity index (χ4v) is 5.52. The molecule has 1 aromatic heterocycles. The average Bonchev–Trinajstić information content (AvgIpc) is 3.23. The number of halogens is 2. The van der Waals surface area contributed by atoms with Crippen molar-refractivity contribution in [3.8, 4) is 11.1 Å². The minimum absolute atomic E-state index is 0.220. The Kier molecular flexibility index (Phi) is 9.35. The standard InChI is InChI=1S/C29H30Cl2N2O5S/c1-4-12-33(13-14-37-2)18-25-23-10-8-20(19-6-5-7-22(15-19)32-39(3,35)36)16-27(23)38-29(25)28(34)24-11-9-21(30)17-26(24)31/h5-11,15-17,32H,4,12-14,18H2,1-3H3. The third-order valence-electron chi connectivity index (χ3n) is 6.21. The van der Waals surface area contributed by atoms with Gasteiger partial charge in [0.25, 0.3) is 0 Å². The molecule has 0 saturated carbocycles. The first-order valence-corrected chi connectivity index (χ1v) is 15.1. The van der Waals surface area contributed by atoms with Crippen molar-refractivity contribution in [2.24, 2.45) is 0 Å². The predicted molar refractivity (Wildman–Crippen MR) is 157 cm³/mol. The lowest BCUT2D eigenvalue weighted by atomic mass is 10.0. The third kappa shape index (κ3) is 7.21. The molecule has 0 saturated heterocycles. The van der Waals surface area contributed by atoms with Gasteiger partial charge in [0, 0.05) is 47.4 Å². The lowest BCUT2D eigenvalue weighted by Crippen LogP contribution is -2.28. The first-order valence-electron chi connectivity index (χ1n) is 12.4. The van der Waals surface area contributed by atoms with Crippen molar-refractivity contribution in [1.82, 2.24) is 4.90 Å². The molecule has 1 heterocycles. The molecule has 39 heavy (non-hydrogen) atoms. The number of methoxy groups -OCH3 is 1. The number of fused-ring (bicyclic) bond motifs is 1. The monoisotopic (exact) mass is 588 g/mol. The molecule has 3 aromatic carbocycles. The first kappa shape index (κ1) is 29.1. The lowest BCUT2D eigenvalue weighted by Gasteiger charge is -2.21. The number of nitrogens with one attached hydrogen (secondary N) is 1. The van der Waals surface area contributed by atoms with Crippen LogP contribution < -0.4 is 4.72 Å². The van der Waals surface area contributed by atoms with E-state index in [4.69, 9.17) is 32.4 Å². The van der Waals surface area contributed by atoms with Crippen LogP contribution >= 0.6 is 23.2 Å². The summed E-state index contributed by atoms with van der Waals surface area (Å²) in [6.45, 7) is 4.67. The molecule has 7 nitrogen and oxygen atoms in total. The summed E-state index contributed by atoms with van der Waals surface area (Å²) in [4.78, 5) is 15.9. The van der Waals surface area contributed by atoms with Crippen molar-refractivity contribution >= 4 is 55.7 Å². The van der Waals surface area contributed by atoms with Gasteiger partial charge in [-0.3, -0.25) is 14.4 Å². The normalized spacial score (nSPS) is 11.8. The second-order valence-electron chi connectivity index (χ2n) is 9.30. The van der Waals surface area contributed by atoms with E-state index >= 15 is 0 Å². The highest BCUT2D eigenvalue weighted by Crippen LogP contribution is 2.34. The Morgan fingerprint density at radius 1 is 1.03 bits per heavy atom. The summed E-state index contributed by atoms with van der Waals surface area (Å²) in [5.41, 5.74) is 3.68. The summed E-state index contributed by atoms with van der Waals surface area (Å²) in [6.07, 6.45) is 2.05. The molecule has 0 radical (unpaired) electrons. The van der Waals surface area contributed by atoms with Gasteiger partial charge >= 0.3 is 0 Å². The van der Waals surface area contributed by atoms with Crippen LogP contribution in [0.25, 0.3) is 22.1 Å². The molecule has 0 bridgehead atoms. The third-order valence-corrected chi connectivity index (χ3v) is 7.36. The van der Waals surface area contributed by atoms with Gasteiger partial charge in [-0.1, -0.05) is 54.4 Å². The van der Waals surface area contributed by atoms with Crippen LogP contribution in [0.2, 0.25) is 10.0 Å². The highest BCUT2D eigenvalue weighted by atomic mass is 35.5. The zero-order chi connectivity index (χ0) is 28.2. The van der Waals surface area contributed by atoms with Crippen molar-refractivity contribution in [1.29, 1.82) is 0 Å². The van der Waals surface area contributed by atoms with E-state index in [2.05, 4.69) is 16.5 Å². The number of nitrogens with zero attached hydrogens (tertiary/aromatic N) is 1. The van der Waals surface area contributed by atoms with E-state index < -0.39 is 10.0 Å². The molecule has 10 heteroatoms. The van der Waals surface area contributed by atoms with E-state index in [9.17, 15) is 13.2 Å². The van der Waals surface area contributed by atoms with Crippen LogP contribution in [0.1, 0.15) is 35.0 Å². The number of sulfonamides is 1. The predicted octanol–water partition coefficient (Wildman–Crippen LogP) is 6.87. The summed E-state index contributed by atoms with van der Waals surface area (Å²) >= 11 is 12.5. The Hall–Kier alpha value is -2.88. The second kappa shape index (κ2) is 12.5. The first-order chi connectivity index (χ1) is 18.6. The maximum absolute atomic E-state index is 13.7. The van der Waals surface area contributed by atoms with Gasteiger partial charge in [0.05, 0.1) is 17.9 Å². The quantitative estimate of drug-likeness (QED) is 0.182. The Morgan fingerprint density at radius 3 is 2.49 bits per heavy atom. The number of rotatable bonds is 12. The second-order valence-corrected chi connectivity index (χ2v) is 11.9. The molecule has 0 aliphatic carbocycles. The van der Waals surface area contributed by atoms with E-state index in [-0.39, 0.29) is 16.6 Å². The Balaban J connectivity index is 1.81. The SMILES string of the molecule is CCCN(CCOC)Cc1c(C(=O)c2ccc(Cl)cc2Cl)oc2cc(-c3cccc(NS(C)(=O)=O)c3)ccc12. The Labute approximate surface area is 238 Å². The van der Waals surface area contributed by atoms with Gasteiger partial charge in [0.15, 0.2) is 5.76 Å². The van der Waals surface area contributed by atoms with Crippen molar-refractivity contribution in [2.45, 2.75) is 19.9 Å². The van der Waals surface area contributed by atoms with Crippen LogP contribution in [0.5, 0.6) is 0 Å². The molecular weight excluding hydrogens is 559 g/mol. The van der Waals surface area contributed by atoms with Crippen LogP contribution in [0, 0.1) is 0 Å². The average molecular weight is 590 g/mol. The van der Waals surface area contributed by atoms with E-state index in [1.54, 1.807) is 37.4 Å². The molecule has 0 fully saturated rings. The van der Waals surface area contributed by atoms with Crippen molar-refractivity contribution in [2.75, 3.05) is 37.8 Å². The molecule has 4 rings (SSSR count). The number of carbonyl (C=O) groups excluding carboxylic acids is 1. The summed E-state index contributed by atoms with van der Waals surface area (Å²) in [6, 6.07) is 17.6. The number of furan rings is 1. The zero-order valence-electron chi connectivity index (χ0n) is 22.0. The van der Waals surface area contributed by atoms with E-state index in [1.165, 1.54) is 6.07 Å². The molecule has 4 aromatic rings. The molecule has 0 unspecified atom stereocenters. The van der Waals surface area contributed by atoms with Crippen LogP contribution in [0.15, 0.2) is 65.1 Å². The smallest absolute Gasteiger partial charge is 0.230 e. The van der Waals surface area contributed by atoms with Gasteiger partial charge in [-0.05, 0) is 60.5 Å². The number of carbonyl (C=O) groups is 1. The maximum atomic E-state index is 13.7. The molecule has 0 aliphatic heterocycles. The Morgan fingerprint density at radius 2 is 1.79 bits per heavy atom. The molecule has 0 aliphatic rings. The van der Waals surface area contributed by atoms with Gasteiger partial charge in [0.1, 0.15) is 5.58 Å². The molecule has 0 amide bonds. The van der Waals surface area contributed by atoms with Crippen LogP contribution in [-0.4, -0.2) is 52.2 Å². The van der Waals surface area contributed by atoms with E-state index in [1.807, 2.05) is 24.3 Å². The largest absolute Gasteiger partial charge is 0.452 e. The number of hydrogen-bond donors (Lipinski definition) is 1. The van der Waals surface area contributed by atoms with Gasteiger partial charge in [0.2, 0.25) is 15.8 Å². The summed E-state index contributed by atoms with van der Waals surface area (Å²) in [5.74, 6) is -0.107. The minimum atomic E-state index is -3.42. The highest BCUT2D eigenvalue weighted by molar-refractivity contribution is 7.92. The molecule has 0 spiro atoms. The van der Waals surface area contributed by atoms with Gasteiger partial charge in [-0.25, -0.2) is 8.42 Å². The fraction of sp³-hybridized carbons (Fsp3) is 0.276. The minimum Gasteiger partial charge on any atom is -0.452 e. The van der Waals surface area contributed by atoms with E-state index in [0.29, 0.717) is 41.6 Å². The Bertz CT molecular complexity index is 1600. The fourth-order valence-electron chi connectivity index (χ4n) is 4.47. The van der Waals surface area contributed by atoms with Crippen molar-refractivity contribution in [3.63, 3.8) is 0 Å². The summed E-state index contributed by atoms with van der Waals surface area (Å²) in [7, 11) is -1.75. The van der Waals surface area contributed by atoms with Crippen LogP contribution in [0.4, 0.5) is 5.69 Å². The number of benzene rings is 3. The van der Waals surface area contributed by atoms with Crippen LogP contribution in [-0.2, 0) is 21.3 Å². The number of ether oxygens (including phenoxy) is 1. The lowest BCUT2D eigenvalue weighted by molar-refractivity contribution is 0.101. The number of hydrogen-bond acceptors (Lipinski definition) is 6. The van der Waals surface area contributed by atoms with Gasteiger partial charge in [-0.15, -0.1) is 0 Å². The van der Waals surface area contributed by atoms with Crippen LogP contribution in [0.3, 0.4) is 0 Å². The molecule has 206 valence electrons. The van der Waals surface area contributed by atoms with E-state index in [0.717, 1.165) is 41.3 Å². The van der Waals surface area contributed by atoms with Crippen molar-refractivity contribution in [3.05, 3.63) is 87.6 Å². The molecule has 0 atom stereocenters. The topological polar surface area (TPSA) is 88.8 Å². The highest BCUT2D eigenvalue weighted by Gasteiger charge is 2.25. The van der Waals surface area contributed by atoms with Crippen molar-refractivity contribution < 1.29 is 22.4 Å². The maximum Gasteiger partial charge on any atom is 0.230 e. The summed E-state index contributed by atoms with van der Waals surface area (Å²) < 4.78 is 37.4. The van der Waals surface area contributed by atoms with Gasteiger partial charge < -0.3 is 9.15 Å². The zero-order valence-corrected chi connectivity index (χ0v) is 24.3. The number of anilines is 1. The summed E-state index contributed by atoms with van der Waals surface area (Å²) in [5, 5.41) is 1.50. The number of ketones is 1. The van der Waals surface area contributed by atoms with Gasteiger partial charge in [-0.2, -0.15) is 0 Å².